The quantitative estimate of drug-likeness (QED) is 0.690. The highest BCUT2D eigenvalue weighted by molar-refractivity contribution is 7.89. The number of halogens is 1. The van der Waals surface area contributed by atoms with Gasteiger partial charge in [0.15, 0.2) is 11.5 Å². The molecule has 0 amide bonds. The number of nitrogens with zero attached hydrogens (tertiary/aromatic N) is 5. The van der Waals surface area contributed by atoms with Crippen LogP contribution in [0.2, 0.25) is 5.02 Å². The molecule has 0 atom stereocenters. The molecule has 1 fully saturated rings. The molecule has 0 unspecified atom stereocenters. The smallest absolute Gasteiger partial charge is 0.278 e. The highest BCUT2D eigenvalue weighted by Crippen LogP contribution is 2.34. The molecule has 1 saturated heterocycles. The summed E-state index contributed by atoms with van der Waals surface area (Å²) in [5.74, 6) is 0.505. The first-order chi connectivity index (χ1) is 11.9. The van der Waals surface area contributed by atoms with E-state index in [1.165, 1.54) is 16.8 Å². The Balaban J connectivity index is 1.53. The summed E-state index contributed by atoms with van der Waals surface area (Å²) < 4.78 is 33.5. The maximum absolute atomic E-state index is 12.6. The SMILES string of the molecule is Cc1ncc(S(=O)(=O)N2CCC(c3cn4ncnc4cc3Cl)CC2)o1. The Morgan fingerprint density at radius 1 is 1.28 bits per heavy atom. The largest absolute Gasteiger partial charge is 0.428 e. The molecule has 0 radical (unpaired) electrons. The van der Waals surface area contributed by atoms with Crippen LogP contribution in [0.4, 0.5) is 0 Å². The van der Waals surface area contributed by atoms with Gasteiger partial charge in [0.05, 0.1) is 6.20 Å². The van der Waals surface area contributed by atoms with Crippen LogP contribution in [0.1, 0.15) is 30.2 Å². The summed E-state index contributed by atoms with van der Waals surface area (Å²) in [5, 5.41) is 4.66. The number of aryl methyl sites for hydroxylation is 1. The molecule has 1 aliphatic rings. The van der Waals surface area contributed by atoms with Crippen molar-refractivity contribution in [2.45, 2.75) is 30.8 Å². The van der Waals surface area contributed by atoms with Gasteiger partial charge in [0.2, 0.25) is 0 Å². The first-order valence-electron chi connectivity index (χ1n) is 7.86. The normalized spacial score (nSPS) is 17.4. The molecule has 0 N–H and O–H groups in total. The van der Waals surface area contributed by atoms with Gasteiger partial charge in [-0.3, -0.25) is 0 Å². The second-order valence-corrected chi connectivity index (χ2v) is 8.29. The topological polar surface area (TPSA) is 93.6 Å². The van der Waals surface area contributed by atoms with Gasteiger partial charge in [0.1, 0.15) is 6.33 Å². The fourth-order valence-corrected chi connectivity index (χ4v) is 4.81. The molecule has 1 aliphatic heterocycles. The summed E-state index contributed by atoms with van der Waals surface area (Å²) in [4.78, 5) is 7.98. The molecule has 0 spiro atoms. The summed E-state index contributed by atoms with van der Waals surface area (Å²) in [6, 6.07) is 1.78. The number of aromatic nitrogens is 4. The molecule has 10 heteroatoms. The van der Waals surface area contributed by atoms with E-state index in [1.54, 1.807) is 17.5 Å². The minimum atomic E-state index is -3.64. The van der Waals surface area contributed by atoms with Gasteiger partial charge in [-0.15, -0.1) is 0 Å². The molecule has 8 nitrogen and oxygen atoms in total. The summed E-state index contributed by atoms with van der Waals surface area (Å²) >= 11 is 6.38. The van der Waals surface area contributed by atoms with Crippen molar-refractivity contribution in [3.8, 4) is 0 Å². The Labute approximate surface area is 149 Å². The fraction of sp³-hybridized carbons (Fsp3) is 0.400. The second-order valence-electron chi connectivity index (χ2n) is 6.02. The highest BCUT2D eigenvalue weighted by atomic mass is 35.5. The minimum absolute atomic E-state index is 0.106. The minimum Gasteiger partial charge on any atom is -0.428 e. The van der Waals surface area contributed by atoms with Gasteiger partial charge in [0, 0.05) is 37.3 Å². The van der Waals surface area contributed by atoms with Gasteiger partial charge in [-0.1, -0.05) is 11.6 Å². The summed E-state index contributed by atoms with van der Waals surface area (Å²) in [6.07, 6.45) is 5.95. The maximum atomic E-state index is 12.6. The lowest BCUT2D eigenvalue weighted by Gasteiger charge is -2.30. The number of piperidine rings is 1. The molecule has 0 aromatic carbocycles. The van der Waals surface area contributed by atoms with Crippen molar-refractivity contribution in [3.63, 3.8) is 0 Å². The molecule has 3 aromatic heterocycles. The summed E-state index contributed by atoms with van der Waals surface area (Å²) in [6.45, 7) is 2.42. The standard InChI is InChI=1S/C15H16ClN5O3S/c1-10-17-7-15(24-10)25(22,23)20-4-2-11(3-5-20)12-8-21-14(6-13(12)16)18-9-19-21/h6-9,11H,2-5H2,1H3. The van der Waals surface area contributed by atoms with Crippen molar-refractivity contribution >= 4 is 27.3 Å². The molecule has 25 heavy (non-hydrogen) atoms. The van der Waals surface area contributed by atoms with Crippen molar-refractivity contribution in [3.05, 3.63) is 41.3 Å². The predicted molar refractivity (Wildman–Crippen MR) is 90.0 cm³/mol. The fourth-order valence-electron chi connectivity index (χ4n) is 3.15. The van der Waals surface area contributed by atoms with Crippen molar-refractivity contribution < 1.29 is 12.8 Å². The van der Waals surface area contributed by atoms with Crippen molar-refractivity contribution in [2.75, 3.05) is 13.1 Å². The van der Waals surface area contributed by atoms with Crippen LogP contribution in [-0.2, 0) is 10.0 Å². The maximum Gasteiger partial charge on any atom is 0.278 e. The first kappa shape index (κ1) is 16.5. The summed E-state index contributed by atoms with van der Waals surface area (Å²) in [5.41, 5.74) is 1.65. The lowest BCUT2D eigenvalue weighted by Crippen LogP contribution is -2.37. The van der Waals surface area contributed by atoms with E-state index in [9.17, 15) is 8.42 Å². The van der Waals surface area contributed by atoms with Crippen molar-refractivity contribution in [1.82, 2.24) is 23.9 Å². The summed E-state index contributed by atoms with van der Waals surface area (Å²) in [7, 11) is -3.64. The Hall–Kier alpha value is -1.97. The van der Waals surface area contributed by atoms with Gasteiger partial charge >= 0.3 is 0 Å². The van der Waals surface area contributed by atoms with Crippen LogP contribution in [0.5, 0.6) is 0 Å². The van der Waals surface area contributed by atoms with Crippen LogP contribution in [0.25, 0.3) is 5.65 Å². The molecule has 3 aromatic rings. The molecular weight excluding hydrogens is 366 g/mol. The van der Waals surface area contributed by atoms with Gasteiger partial charge in [-0.2, -0.15) is 9.40 Å². The monoisotopic (exact) mass is 381 g/mol. The zero-order chi connectivity index (χ0) is 17.6. The van der Waals surface area contributed by atoms with Crippen LogP contribution in [-0.4, -0.2) is 45.4 Å². The van der Waals surface area contributed by atoms with E-state index < -0.39 is 10.0 Å². The third-order valence-corrected chi connectivity index (χ3v) is 6.55. The van der Waals surface area contributed by atoms with E-state index in [2.05, 4.69) is 15.1 Å². The van der Waals surface area contributed by atoms with E-state index in [-0.39, 0.29) is 11.0 Å². The Morgan fingerprint density at radius 2 is 2.04 bits per heavy atom. The van der Waals surface area contributed by atoms with Gasteiger partial charge < -0.3 is 4.42 Å². The van der Waals surface area contributed by atoms with E-state index >= 15 is 0 Å². The van der Waals surface area contributed by atoms with Crippen LogP contribution in [0.15, 0.2) is 34.3 Å². The number of pyridine rings is 1. The lowest BCUT2D eigenvalue weighted by atomic mass is 9.91. The van der Waals surface area contributed by atoms with E-state index in [0.717, 1.165) is 5.56 Å². The van der Waals surface area contributed by atoms with Crippen LogP contribution in [0, 0.1) is 6.92 Å². The van der Waals surface area contributed by atoms with Crippen molar-refractivity contribution in [1.29, 1.82) is 0 Å². The van der Waals surface area contributed by atoms with E-state index in [0.29, 0.717) is 42.5 Å². The third kappa shape index (κ3) is 2.92. The molecular formula is C15H16ClN5O3S. The zero-order valence-corrected chi connectivity index (χ0v) is 15.0. The van der Waals surface area contributed by atoms with Gasteiger partial charge in [0.25, 0.3) is 15.1 Å². The Kier molecular flexibility index (Phi) is 4.01. The van der Waals surface area contributed by atoms with Gasteiger partial charge in [-0.05, 0) is 24.3 Å². The molecule has 132 valence electrons. The number of hydrogen-bond acceptors (Lipinski definition) is 6. The number of sulfonamides is 1. The number of hydrogen-bond donors (Lipinski definition) is 0. The second kappa shape index (κ2) is 6.08. The molecule has 0 bridgehead atoms. The average Bonchev–Trinajstić information content (AvgIpc) is 3.23. The molecule has 4 heterocycles. The number of rotatable bonds is 3. The zero-order valence-electron chi connectivity index (χ0n) is 13.5. The highest BCUT2D eigenvalue weighted by Gasteiger charge is 2.33. The molecule has 0 aliphatic carbocycles. The lowest BCUT2D eigenvalue weighted by molar-refractivity contribution is 0.307. The Morgan fingerprint density at radius 3 is 2.72 bits per heavy atom. The van der Waals surface area contributed by atoms with Crippen LogP contribution in [0.3, 0.4) is 0 Å². The third-order valence-electron chi connectivity index (χ3n) is 4.48. The first-order valence-corrected chi connectivity index (χ1v) is 9.68. The number of fused-ring (bicyclic) bond motifs is 1. The van der Waals surface area contributed by atoms with Crippen molar-refractivity contribution in [2.24, 2.45) is 0 Å². The van der Waals surface area contributed by atoms with Gasteiger partial charge in [-0.25, -0.2) is 22.9 Å². The predicted octanol–water partition coefficient (Wildman–Crippen LogP) is 2.25. The van der Waals surface area contributed by atoms with Crippen LogP contribution >= 0.6 is 11.6 Å². The number of oxazole rings is 1. The van der Waals surface area contributed by atoms with E-state index in [4.69, 9.17) is 16.0 Å². The molecule has 4 rings (SSSR count). The van der Waals surface area contributed by atoms with E-state index in [1.807, 2.05) is 6.20 Å². The Bertz CT molecular complexity index is 1020. The average molecular weight is 382 g/mol. The van der Waals surface area contributed by atoms with Crippen LogP contribution < -0.4 is 0 Å². The molecule has 0 saturated carbocycles.